The number of para-hydroxylation sites is 1. The van der Waals surface area contributed by atoms with Crippen molar-refractivity contribution in [2.24, 2.45) is 0 Å². The SMILES string of the molecule is O=C(COC(=O)c1cccc(N2CCCC2=O)c1)Nc1ccccc1C(=O)NC1CC1. The fraction of sp³-hybridized carbons (Fsp3) is 0.304. The Hall–Kier alpha value is -3.68. The third-order valence-electron chi connectivity index (χ3n) is 5.16. The van der Waals surface area contributed by atoms with Gasteiger partial charge in [-0.25, -0.2) is 4.79 Å². The third kappa shape index (κ3) is 5.09. The average Bonchev–Trinajstić information content (AvgIpc) is 3.49. The second kappa shape index (κ2) is 8.99. The van der Waals surface area contributed by atoms with E-state index in [2.05, 4.69) is 10.6 Å². The van der Waals surface area contributed by atoms with Crippen molar-refractivity contribution >= 4 is 35.1 Å². The number of anilines is 2. The Balaban J connectivity index is 1.35. The Bertz CT molecular complexity index is 1030. The lowest BCUT2D eigenvalue weighted by Gasteiger charge is -2.16. The zero-order valence-electron chi connectivity index (χ0n) is 16.9. The van der Waals surface area contributed by atoms with Crippen LogP contribution >= 0.6 is 0 Å². The van der Waals surface area contributed by atoms with E-state index < -0.39 is 18.5 Å². The van der Waals surface area contributed by atoms with Crippen molar-refractivity contribution in [1.82, 2.24) is 5.32 Å². The summed E-state index contributed by atoms with van der Waals surface area (Å²) in [7, 11) is 0. The highest BCUT2D eigenvalue weighted by Gasteiger charge is 2.25. The monoisotopic (exact) mass is 421 g/mol. The number of esters is 1. The number of carbonyl (C=O) groups is 4. The van der Waals surface area contributed by atoms with Gasteiger partial charge in [-0.05, 0) is 49.6 Å². The molecule has 160 valence electrons. The second-order valence-corrected chi connectivity index (χ2v) is 7.62. The molecule has 1 saturated carbocycles. The minimum absolute atomic E-state index is 0.0225. The van der Waals surface area contributed by atoms with E-state index in [0.29, 0.717) is 29.9 Å². The van der Waals surface area contributed by atoms with Crippen LogP contribution in [0.4, 0.5) is 11.4 Å². The van der Waals surface area contributed by atoms with Crippen LogP contribution in [0.3, 0.4) is 0 Å². The van der Waals surface area contributed by atoms with Crippen LogP contribution in [0.1, 0.15) is 46.4 Å². The van der Waals surface area contributed by atoms with Gasteiger partial charge >= 0.3 is 5.97 Å². The normalized spacial score (nSPS) is 15.5. The van der Waals surface area contributed by atoms with Crippen LogP contribution in [0.5, 0.6) is 0 Å². The molecule has 1 aliphatic heterocycles. The van der Waals surface area contributed by atoms with Crippen LogP contribution in [0.2, 0.25) is 0 Å². The van der Waals surface area contributed by atoms with Crippen molar-refractivity contribution in [3.8, 4) is 0 Å². The largest absolute Gasteiger partial charge is 0.452 e. The van der Waals surface area contributed by atoms with Gasteiger partial charge in [-0.2, -0.15) is 0 Å². The summed E-state index contributed by atoms with van der Waals surface area (Å²) < 4.78 is 5.13. The highest BCUT2D eigenvalue weighted by atomic mass is 16.5. The van der Waals surface area contributed by atoms with Crippen molar-refractivity contribution in [3.63, 3.8) is 0 Å². The predicted octanol–water partition coefficient (Wildman–Crippen LogP) is 2.50. The topological polar surface area (TPSA) is 105 Å². The standard InChI is InChI=1S/C23H23N3O5/c27-20(25-19-8-2-1-7-18(19)22(29)24-16-10-11-16)14-31-23(30)15-5-3-6-17(13-15)26-12-4-9-21(26)28/h1-3,5-8,13,16H,4,9-12,14H2,(H,24,29)(H,25,27). The Morgan fingerprint density at radius 2 is 1.87 bits per heavy atom. The van der Waals surface area contributed by atoms with Gasteiger partial charge in [0.05, 0.1) is 16.8 Å². The molecule has 0 bridgehead atoms. The molecule has 2 aliphatic rings. The molecule has 8 nitrogen and oxygen atoms in total. The molecule has 2 N–H and O–H groups in total. The molecule has 1 heterocycles. The first-order valence-corrected chi connectivity index (χ1v) is 10.3. The molecule has 0 radical (unpaired) electrons. The molecule has 0 aromatic heterocycles. The Morgan fingerprint density at radius 3 is 2.61 bits per heavy atom. The molecular weight excluding hydrogens is 398 g/mol. The smallest absolute Gasteiger partial charge is 0.338 e. The first kappa shape index (κ1) is 20.6. The van der Waals surface area contributed by atoms with Gasteiger partial charge in [0.1, 0.15) is 0 Å². The lowest BCUT2D eigenvalue weighted by Crippen LogP contribution is -2.28. The minimum Gasteiger partial charge on any atom is -0.452 e. The van der Waals surface area contributed by atoms with Gasteiger partial charge in [-0.3, -0.25) is 14.4 Å². The number of hydrogen-bond acceptors (Lipinski definition) is 5. The molecule has 3 amide bonds. The van der Waals surface area contributed by atoms with Gasteiger partial charge in [0, 0.05) is 24.7 Å². The molecule has 0 unspecified atom stereocenters. The quantitative estimate of drug-likeness (QED) is 0.669. The lowest BCUT2D eigenvalue weighted by atomic mass is 10.1. The minimum atomic E-state index is -0.664. The highest BCUT2D eigenvalue weighted by Crippen LogP contribution is 2.23. The zero-order valence-corrected chi connectivity index (χ0v) is 16.9. The Labute approximate surface area is 179 Å². The molecule has 2 fully saturated rings. The number of amides is 3. The molecule has 0 atom stereocenters. The van der Waals surface area contributed by atoms with Crippen LogP contribution in [-0.2, 0) is 14.3 Å². The van der Waals surface area contributed by atoms with Crippen LogP contribution in [0, 0.1) is 0 Å². The van der Waals surface area contributed by atoms with E-state index in [1.54, 1.807) is 53.4 Å². The van der Waals surface area contributed by atoms with Crippen LogP contribution < -0.4 is 15.5 Å². The van der Waals surface area contributed by atoms with E-state index >= 15 is 0 Å². The van der Waals surface area contributed by atoms with Gasteiger partial charge in [0.25, 0.3) is 11.8 Å². The van der Waals surface area contributed by atoms with Crippen LogP contribution in [0.25, 0.3) is 0 Å². The van der Waals surface area contributed by atoms with Gasteiger partial charge in [0.2, 0.25) is 5.91 Å². The molecule has 4 rings (SSSR count). The maximum Gasteiger partial charge on any atom is 0.338 e. The summed E-state index contributed by atoms with van der Waals surface area (Å²) >= 11 is 0. The fourth-order valence-corrected chi connectivity index (χ4v) is 3.40. The predicted molar refractivity (Wildman–Crippen MR) is 114 cm³/mol. The summed E-state index contributed by atoms with van der Waals surface area (Å²) in [5.41, 5.74) is 1.61. The molecule has 2 aromatic rings. The maximum absolute atomic E-state index is 12.4. The Morgan fingerprint density at radius 1 is 1.06 bits per heavy atom. The first-order chi connectivity index (χ1) is 15.0. The van der Waals surface area contributed by atoms with E-state index in [4.69, 9.17) is 4.74 Å². The van der Waals surface area contributed by atoms with Gasteiger partial charge in [-0.1, -0.05) is 18.2 Å². The molecule has 2 aromatic carbocycles. The lowest BCUT2D eigenvalue weighted by molar-refractivity contribution is -0.119. The molecule has 8 heteroatoms. The summed E-state index contributed by atoms with van der Waals surface area (Å²) in [5, 5.41) is 5.51. The number of nitrogens with one attached hydrogen (secondary N) is 2. The molecule has 1 aliphatic carbocycles. The number of benzene rings is 2. The number of nitrogens with zero attached hydrogens (tertiary/aromatic N) is 1. The fourth-order valence-electron chi connectivity index (χ4n) is 3.40. The van der Waals surface area contributed by atoms with Crippen molar-refractivity contribution in [3.05, 3.63) is 59.7 Å². The zero-order chi connectivity index (χ0) is 21.8. The molecule has 31 heavy (non-hydrogen) atoms. The third-order valence-corrected chi connectivity index (χ3v) is 5.16. The van der Waals surface area contributed by atoms with E-state index in [9.17, 15) is 19.2 Å². The summed E-state index contributed by atoms with van der Waals surface area (Å²) in [5.74, 6) is -1.44. The summed E-state index contributed by atoms with van der Waals surface area (Å²) in [4.78, 5) is 50.6. The van der Waals surface area contributed by atoms with Crippen molar-refractivity contribution in [1.29, 1.82) is 0 Å². The highest BCUT2D eigenvalue weighted by molar-refractivity contribution is 6.04. The van der Waals surface area contributed by atoms with E-state index in [1.807, 2.05) is 0 Å². The first-order valence-electron chi connectivity index (χ1n) is 10.3. The number of hydrogen-bond donors (Lipinski definition) is 2. The number of ether oxygens (including phenoxy) is 1. The summed E-state index contributed by atoms with van der Waals surface area (Å²) in [6, 6.07) is 13.5. The van der Waals surface area contributed by atoms with Gasteiger partial charge < -0.3 is 20.3 Å². The maximum atomic E-state index is 12.4. The molecular formula is C23H23N3O5. The summed E-state index contributed by atoms with van der Waals surface area (Å²) in [6.45, 7) is 0.123. The van der Waals surface area contributed by atoms with Crippen molar-refractivity contribution < 1.29 is 23.9 Å². The Kier molecular flexibility index (Phi) is 5.97. The van der Waals surface area contributed by atoms with Crippen molar-refractivity contribution in [2.75, 3.05) is 23.4 Å². The summed E-state index contributed by atoms with van der Waals surface area (Å²) in [6.07, 6.45) is 3.20. The van der Waals surface area contributed by atoms with Crippen LogP contribution in [0.15, 0.2) is 48.5 Å². The van der Waals surface area contributed by atoms with Gasteiger partial charge in [0.15, 0.2) is 6.61 Å². The number of rotatable bonds is 7. The van der Waals surface area contributed by atoms with E-state index in [-0.39, 0.29) is 23.4 Å². The molecule has 0 spiro atoms. The van der Waals surface area contributed by atoms with Crippen molar-refractivity contribution in [2.45, 2.75) is 31.7 Å². The van der Waals surface area contributed by atoms with Gasteiger partial charge in [-0.15, -0.1) is 0 Å². The number of carbonyl (C=O) groups excluding carboxylic acids is 4. The van der Waals surface area contributed by atoms with Crippen LogP contribution in [-0.4, -0.2) is 42.9 Å². The van der Waals surface area contributed by atoms with E-state index in [0.717, 1.165) is 19.3 Å². The molecule has 1 saturated heterocycles. The average molecular weight is 421 g/mol. The van der Waals surface area contributed by atoms with E-state index in [1.165, 1.54) is 0 Å². The second-order valence-electron chi connectivity index (χ2n) is 7.62.